The zero-order chi connectivity index (χ0) is 21.5. The molecule has 0 saturated heterocycles. The Labute approximate surface area is 175 Å². The SMILES string of the molecule is Cc1nc(Nc2ccc(C(F)(F)F)cc2)c2nc(Nc3c(C)cccc3C)sc2n1. The predicted molar refractivity (Wildman–Crippen MR) is 114 cm³/mol. The minimum atomic E-state index is -4.37. The molecule has 0 atom stereocenters. The van der Waals surface area contributed by atoms with E-state index in [1.807, 2.05) is 32.0 Å². The first-order valence-corrected chi connectivity index (χ1v) is 9.95. The number of benzene rings is 2. The Morgan fingerprint density at radius 1 is 0.833 bits per heavy atom. The van der Waals surface area contributed by atoms with Crippen LogP contribution in [0.25, 0.3) is 10.3 Å². The Bertz CT molecular complexity index is 1200. The number of halogens is 3. The lowest BCUT2D eigenvalue weighted by molar-refractivity contribution is -0.137. The number of nitrogens with one attached hydrogen (secondary N) is 2. The van der Waals surface area contributed by atoms with Crippen molar-refractivity contribution in [2.75, 3.05) is 10.6 Å². The van der Waals surface area contributed by atoms with E-state index in [9.17, 15) is 13.2 Å². The van der Waals surface area contributed by atoms with E-state index in [4.69, 9.17) is 0 Å². The van der Waals surface area contributed by atoms with Crippen molar-refractivity contribution in [1.82, 2.24) is 15.0 Å². The van der Waals surface area contributed by atoms with E-state index in [2.05, 4.69) is 25.6 Å². The second-order valence-electron chi connectivity index (χ2n) is 6.88. The molecule has 0 unspecified atom stereocenters. The molecule has 2 aromatic heterocycles. The van der Waals surface area contributed by atoms with Gasteiger partial charge in [0.05, 0.1) is 5.56 Å². The van der Waals surface area contributed by atoms with Gasteiger partial charge >= 0.3 is 6.18 Å². The molecule has 30 heavy (non-hydrogen) atoms. The Morgan fingerprint density at radius 2 is 1.50 bits per heavy atom. The molecule has 2 aromatic carbocycles. The van der Waals surface area contributed by atoms with Crippen molar-refractivity contribution < 1.29 is 13.2 Å². The second-order valence-corrected chi connectivity index (χ2v) is 7.86. The molecule has 0 aliphatic carbocycles. The molecule has 0 spiro atoms. The third-order valence-electron chi connectivity index (χ3n) is 4.56. The topological polar surface area (TPSA) is 62.7 Å². The van der Waals surface area contributed by atoms with Crippen molar-refractivity contribution >= 4 is 44.0 Å². The minimum absolute atomic E-state index is 0.447. The number of nitrogens with zero attached hydrogens (tertiary/aromatic N) is 3. The molecule has 4 aromatic rings. The normalized spacial score (nSPS) is 11.7. The first kappa shape index (κ1) is 20.1. The number of para-hydroxylation sites is 1. The van der Waals surface area contributed by atoms with Crippen LogP contribution < -0.4 is 10.6 Å². The monoisotopic (exact) mass is 429 g/mol. The molecule has 0 saturated carbocycles. The smallest absolute Gasteiger partial charge is 0.338 e. The number of rotatable bonds is 4. The van der Waals surface area contributed by atoms with Crippen LogP contribution in [0, 0.1) is 20.8 Å². The summed E-state index contributed by atoms with van der Waals surface area (Å²) in [5, 5.41) is 7.08. The molecule has 0 bridgehead atoms. The summed E-state index contributed by atoms with van der Waals surface area (Å²) < 4.78 is 38.4. The summed E-state index contributed by atoms with van der Waals surface area (Å²) in [6.07, 6.45) is -4.37. The molecule has 154 valence electrons. The largest absolute Gasteiger partial charge is 0.416 e. The Kier molecular flexibility index (Phi) is 5.07. The Hall–Kier alpha value is -3.20. The van der Waals surface area contributed by atoms with Crippen LogP contribution in [0.2, 0.25) is 0 Å². The average Bonchev–Trinajstić information content (AvgIpc) is 3.07. The first-order valence-electron chi connectivity index (χ1n) is 9.13. The molecule has 0 aliphatic rings. The molecular formula is C21H18F3N5S. The highest BCUT2D eigenvalue weighted by Gasteiger charge is 2.30. The lowest BCUT2D eigenvalue weighted by Gasteiger charge is -2.10. The number of aryl methyl sites for hydroxylation is 3. The number of anilines is 4. The maximum absolute atomic E-state index is 12.8. The van der Waals surface area contributed by atoms with Gasteiger partial charge in [0.15, 0.2) is 15.8 Å². The van der Waals surface area contributed by atoms with Crippen molar-refractivity contribution in [3.63, 3.8) is 0 Å². The van der Waals surface area contributed by atoms with E-state index in [1.165, 1.54) is 23.5 Å². The molecule has 2 N–H and O–H groups in total. The number of fused-ring (bicyclic) bond motifs is 1. The zero-order valence-corrected chi connectivity index (χ0v) is 17.2. The van der Waals surface area contributed by atoms with Crippen LogP contribution in [-0.2, 0) is 6.18 Å². The summed E-state index contributed by atoms with van der Waals surface area (Å²) in [7, 11) is 0. The van der Waals surface area contributed by atoms with Gasteiger partial charge in [-0.25, -0.2) is 15.0 Å². The van der Waals surface area contributed by atoms with Crippen molar-refractivity contribution in [3.05, 3.63) is 65.0 Å². The number of thiazole rings is 1. The standard InChI is InChI=1S/C21H18F3N5S/c1-11-5-4-6-12(2)16(11)28-20-29-17-18(25-13(3)26-19(17)30-20)27-15-9-7-14(8-10-15)21(22,23)24/h4-10H,1-3H3,(H,28,29)(H,25,26,27). The lowest BCUT2D eigenvalue weighted by Crippen LogP contribution is -2.05. The van der Waals surface area contributed by atoms with Gasteiger partial charge in [-0.05, 0) is 56.2 Å². The van der Waals surface area contributed by atoms with Crippen molar-refractivity contribution in [1.29, 1.82) is 0 Å². The average molecular weight is 429 g/mol. The maximum atomic E-state index is 12.8. The quantitative estimate of drug-likeness (QED) is 0.387. The van der Waals surface area contributed by atoms with E-state index < -0.39 is 11.7 Å². The van der Waals surface area contributed by atoms with Gasteiger partial charge in [-0.3, -0.25) is 0 Å². The van der Waals surface area contributed by atoms with E-state index >= 15 is 0 Å². The van der Waals surface area contributed by atoms with E-state index in [0.717, 1.165) is 28.9 Å². The fraction of sp³-hybridized carbons (Fsp3) is 0.190. The van der Waals surface area contributed by atoms with E-state index in [1.54, 1.807) is 6.92 Å². The summed E-state index contributed by atoms with van der Waals surface area (Å²) in [6.45, 7) is 5.80. The van der Waals surface area contributed by atoms with Gasteiger partial charge in [0.1, 0.15) is 11.3 Å². The van der Waals surface area contributed by atoms with E-state index in [-0.39, 0.29) is 0 Å². The number of hydrogen-bond acceptors (Lipinski definition) is 6. The lowest BCUT2D eigenvalue weighted by atomic mass is 10.1. The highest BCUT2D eigenvalue weighted by molar-refractivity contribution is 7.21. The fourth-order valence-electron chi connectivity index (χ4n) is 3.07. The predicted octanol–water partition coefficient (Wildman–Crippen LogP) is 6.52. The van der Waals surface area contributed by atoms with Gasteiger partial charge in [-0.2, -0.15) is 13.2 Å². The summed E-state index contributed by atoms with van der Waals surface area (Å²) in [6, 6.07) is 10.8. The summed E-state index contributed by atoms with van der Waals surface area (Å²) in [4.78, 5) is 14.2. The molecular weight excluding hydrogens is 411 g/mol. The van der Waals surface area contributed by atoms with Crippen molar-refractivity contribution in [2.45, 2.75) is 26.9 Å². The Morgan fingerprint density at radius 3 is 2.13 bits per heavy atom. The molecule has 5 nitrogen and oxygen atoms in total. The highest BCUT2D eigenvalue weighted by atomic mass is 32.1. The Balaban J connectivity index is 1.67. The summed E-state index contributed by atoms with van der Waals surface area (Å²) in [5.74, 6) is 0.988. The van der Waals surface area contributed by atoms with Crippen molar-refractivity contribution in [3.8, 4) is 0 Å². The van der Waals surface area contributed by atoms with Gasteiger partial charge in [0, 0.05) is 11.4 Å². The maximum Gasteiger partial charge on any atom is 0.416 e. The molecule has 2 heterocycles. The van der Waals surface area contributed by atoms with Gasteiger partial charge in [0.25, 0.3) is 0 Å². The van der Waals surface area contributed by atoms with Crippen LogP contribution in [0.3, 0.4) is 0 Å². The van der Waals surface area contributed by atoms with Gasteiger partial charge < -0.3 is 10.6 Å². The fourth-order valence-corrected chi connectivity index (χ4v) is 3.96. The minimum Gasteiger partial charge on any atom is -0.338 e. The second kappa shape index (κ2) is 7.56. The number of hydrogen-bond donors (Lipinski definition) is 2. The molecule has 0 radical (unpaired) electrons. The van der Waals surface area contributed by atoms with Crippen LogP contribution in [-0.4, -0.2) is 15.0 Å². The van der Waals surface area contributed by atoms with Crippen LogP contribution in [0.15, 0.2) is 42.5 Å². The van der Waals surface area contributed by atoms with Crippen LogP contribution >= 0.6 is 11.3 Å². The van der Waals surface area contributed by atoms with Crippen LogP contribution in [0.4, 0.5) is 35.5 Å². The van der Waals surface area contributed by atoms with Gasteiger partial charge in [0.2, 0.25) is 0 Å². The number of aromatic nitrogens is 3. The third kappa shape index (κ3) is 4.06. The molecule has 0 fully saturated rings. The van der Waals surface area contributed by atoms with Gasteiger partial charge in [-0.1, -0.05) is 29.5 Å². The highest BCUT2D eigenvalue weighted by Crippen LogP contribution is 2.34. The molecule has 0 amide bonds. The van der Waals surface area contributed by atoms with Gasteiger partial charge in [-0.15, -0.1) is 0 Å². The zero-order valence-electron chi connectivity index (χ0n) is 16.4. The summed E-state index contributed by atoms with van der Waals surface area (Å²) in [5.41, 5.74) is 3.52. The first-order chi connectivity index (χ1) is 14.2. The van der Waals surface area contributed by atoms with Crippen LogP contribution in [0.5, 0.6) is 0 Å². The number of alkyl halides is 3. The van der Waals surface area contributed by atoms with Crippen LogP contribution in [0.1, 0.15) is 22.5 Å². The summed E-state index contributed by atoms with van der Waals surface area (Å²) >= 11 is 1.39. The van der Waals surface area contributed by atoms with E-state index in [0.29, 0.717) is 32.8 Å². The van der Waals surface area contributed by atoms with Crippen molar-refractivity contribution in [2.24, 2.45) is 0 Å². The molecule has 0 aliphatic heterocycles. The molecule has 4 rings (SSSR count). The third-order valence-corrected chi connectivity index (χ3v) is 5.42. The molecule has 9 heteroatoms.